The third-order valence-electron chi connectivity index (χ3n) is 5.36. The number of aromatic nitrogens is 1. The molecule has 0 unspecified atom stereocenters. The van der Waals surface area contributed by atoms with Gasteiger partial charge in [0, 0.05) is 24.2 Å². The molecule has 3 rings (SSSR count). The zero-order valence-corrected chi connectivity index (χ0v) is 18.1. The summed E-state index contributed by atoms with van der Waals surface area (Å²) >= 11 is 0. The number of nitrogens with one attached hydrogen (secondary N) is 3. The molecule has 1 aliphatic heterocycles. The van der Waals surface area contributed by atoms with E-state index in [4.69, 9.17) is 9.47 Å². The van der Waals surface area contributed by atoms with Crippen LogP contribution in [0.1, 0.15) is 39.9 Å². The molecule has 31 heavy (non-hydrogen) atoms. The first kappa shape index (κ1) is 22.7. The quantitative estimate of drug-likeness (QED) is 0.237. The van der Waals surface area contributed by atoms with Crippen LogP contribution in [-0.4, -0.2) is 68.6 Å². The molecule has 0 aliphatic carbocycles. The van der Waals surface area contributed by atoms with Crippen LogP contribution in [-0.2, 0) is 14.3 Å². The van der Waals surface area contributed by atoms with E-state index in [1.807, 2.05) is 18.2 Å². The molecule has 3 N–H and O–H groups in total. The molecule has 0 saturated carbocycles. The number of aryl methyl sites for hydroxylation is 1. The fourth-order valence-electron chi connectivity index (χ4n) is 3.79. The summed E-state index contributed by atoms with van der Waals surface area (Å²) in [6.45, 7) is 8.42. The lowest BCUT2D eigenvalue weighted by Gasteiger charge is -2.23. The molecule has 1 aromatic carbocycles. The second-order valence-corrected chi connectivity index (χ2v) is 7.51. The van der Waals surface area contributed by atoms with Crippen LogP contribution in [0.3, 0.4) is 0 Å². The van der Waals surface area contributed by atoms with E-state index in [1.165, 1.54) is 4.90 Å². The maximum absolute atomic E-state index is 13.0. The van der Waals surface area contributed by atoms with E-state index in [0.717, 1.165) is 39.3 Å². The number of carbonyl (C=O) groups excluding carboxylic acids is 3. The number of carbonyl (C=O) groups is 3. The van der Waals surface area contributed by atoms with Crippen molar-refractivity contribution < 1.29 is 28.8 Å². The fourth-order valence-corrected chi connectivity index (χ4v) is 3.79. The highest BCUT2D eigenvalue weighted by Crippen LogP contribution is 2.31. The Morgan fingerprint density at radius 1 is 1.16 bits per heavy atom. The molecule has 0 radical (unpaired) electrons. The predicted octanol–water partition coefficient (Wildman–Crippen LogP) is 0.771. The molecule has 1 fully saturated rings. The molecule has 0 bridgehead atoms. The van der Waals surface area contributed by atoms with E-state index in [1.54, 1.807) is 26.0 Å². The van der Waals surface area contributed by atoms with Gasteiger partial charge in [-0.1, -0.05) is 30.3 Å². The van der Waals surface area contributed by atoms with Gasteiger partial charge in [0.05, 0.1) is 31.9 Å². The van der Waals surface area contributed by atoms with Gasteiger partial charge in [-0.05, 0) is 19.4 Å². The Bertz CT molecular complexity index is 917. The number of benzene rings is 1. The van der Waals surface area contributed by atoms with Crippen molar-refractivity contribution >= 4 is 17.7 Å². The average Bonchev–Trinajstić information content (AvgIpc) is 3.14. The molecule has 8 heteroatoms. The minimum atomic E-state index is -0.698. The molecular formula is C23H30N3O5+. The summed E-state index contributed by atoms with van der Waals surface area (Å²) in [5, 5.41) is 2.71. The molecule has 1 aliphatic rings. The normalized spacial score (nSPS) is 14.3. The Kier molecular flexibility index (Phi) is 7.97. The topological polar surface area (TPSA) is 102 Å². The molecule has 0 spiro atoms. The number of hydrogen-bond acceptors (Lipinski definition) is 5. The molecule has 1 aromatic heterocycles. The molecule has 2 aromatic rings. The number of hydrogen-bond donors (Lipinski definition) is 3. The van der Waals surface area contributed by atoms with Crippen LogP contribution in [0.2, 0.25) is 0 Å². The van der Waals surface area contributed by atoms with E-state index in [0.29, 0.717) is 23.4 Å². The number of amides is 1. The number of ether oxygens (including phenoxy) is 2. The molecule has 166 valence electrons. The third kappa shape index (κ3) is 5.59. The highest BCUT2D eigenvalue weighted by Gasteiger charge is 2.29. The van der Waals surface area contributed by atoms with Crippen molar-refractivity contribution in [2.24, 2.45) is 0 Å². The summed E-state index contributed by atoms with van der Waals surface area (Å²) in [5.41, 5.74) is 1.93. The van der Waals surface area contributed by atoms with Gasteiger partial charge < -0.3 is 24.7 Å². The number of Topliss-reactive ketones (excluding diaryl/α,β-unsaturated/α-hetero) is 1. The Morgan fingerprint density at radius 3 is 2.55 bits per heavy atom. The summed E-state index contributed by atoms with van der Waals surface area (Å²) in [5.74, 6) is -1.91. The zero-order chi connectivity index (χ0) is 22.2. The van der Waals surface area contributed by atoms with Gasteiger partial charge in [-0.3, -0.25) is 9.59 Å². The van der Waals surface area contributed by atoms with Gasteiger partial charge in [0.1, 0.15) is 18.8 Å². The van der Waals surface area contributed by atoms with E-state index in [2.05, 4.69) is 10.3 Å². The van der Waals surface area contributed by atoms with Gasteiger partial charge in [-0.25, -0.2) is 4.79 Å². The summed E-state index contributed by atoms with van der Waals surface area (Å²) in [7, 11) is 0. The Hall–Kier alpha value is -2.97. The standard InChI is InChI=1S/C23H29N3O5/c1-3-31-23(29)18-16(2)25-20(19(18)17-8-5-4-6-9-17)21(27)22(28)24-10-7-11-26-12-14-30-15-13-26/h4-6,8-9,25H,3,7,10-15H2,1-2H3,(H,24,28)/p+1. The largest absolute Gasteiger partial charge is 0.462 e. The van der Waals surface area contributed by atoms with Crippen LogP contribution in [0, 0.1) is 6.92 Å². The summed E-state index contributed by atoms with van der Waals surface area (Å²) in [6, 6.07) is 9.07. The molecule has 1 saturated heterocycles. The Labute approximate surface area is 181 Å². The minimum Gasteiger partial charge on any atom is -0.462 e. The monoisotopic (exact) mass is 428 g/mol. The lowest BCUT2D eigenvalue weighted by Crippen LogP contribution is -3.14. The van der Waals surface area contributed by atoms with Gasteiger partial charge in [0.2, 0.25) is 0 Å². The Morgan fingerprint density at radius 2 is 1.87 bits per heavy atom. The number of rotatable bonds is 9. The second-order valence-electron chi connectivity index (χ2n) is 7.51. The van der Waals surface area contributed by atoms with E-state index in [-0.39, 0.29) is 17.9 Å². The lowest BCUT2D eigenvalue weighted by molar-refractivity contribution is -0.908. The molecule has 1 amide bonds. The first-order valence-electron chi connectivity index (χ1n) is 10.7. The van der Waals surface area contributed by atoms with E-state index in [9.17, 15) is 14.4 Å². The first-order valence-corrected chi connectivity index (χ1v) is 10.7. The van der Waals surface area contributed by atoms with Crippen molar-refractivity contribution in [2.75, 3.05) is 46.0 Å². The van der Waals surface area contributed by atoms with Gasteiger partial charge >= 0.3 is 5.97 Å². The Balaban J connectivity index is 1.74. The minimum absolute atomic E-state index is 0.100. The SMILES string of the molecule is CCOC(=O)c1c(C)[nH]c(C(=O)C(=O)NCCC[NH+]2CCOCC2)c1-c1ccccc1. The van der Waals surface area contributed by atoms with Crippen molar-refractivity contribution in [3.63, 3.8) is 0 Å². The summed E-state index contributed by atoms with van der Waals surface area (Å²) in [6.07, 6.45) is 0.776. The van der Waals surface area contributed by atoms with Gasteiger partial charge in [0.25, 0.3) is 11.7 Å². The number of ketones is 1. The average molecular weight is 429 g/mol. The van der Waals surface area contributed by atoms with Crippen LogP contribution in [0.15, 0.2) is 30.3 Å². The predicted molar refractivity (Wildman–Crippen MR) is 115 cm³/mol. The van der Waals surface area contributed by atoms with Gasteiger partial charge in [0.15, 0.2) is 0 Å². The highest BCUT2D eigenvalue weighted by molar-refractivity contribution is 6.43. The second kappa shape index (κ2) is 10.9. The number of aromatic amines is 1. The van der Waals surface area contributed by atoms with Crippen molar-refractivity contribution in [2.45, 2.75) is 20.3 Å². The van der Waals surface area contributed by atoms with Gasteiger partial charge in [-0.2, -0.15) is 0 Å². The van der Waals surface area contributed by atoms with Crippen LogP contribution >= 0.6 is 0 Å². The van der Waals surface area contributed by atoms with Crippen LogP contribution in [0.4, 0.5) is 0 Å². The van der Waals surface area contributed by atoms with E-state index >= 15 is 0 Å². The summed E-state index contributed by atoms with van der Waals surface area (Å²) < 4.78 is 10.5. The van der Waals surface area contributed by atoms with E-state index < -0.39 is 17.7 Å². The highest BCUT2D eigenvalue weighted by atomic mass is 16.5. The van der Waals surface area contributed by atoms with Crippen LogP contribution in [0.5, 0.6) is 0 Å². The maximum atomic E-state index is 13.0. The maximum Gasteiger partial charge on any atom is 0.340 e. The zero-order valence-electron chi connectivity index (χ0n) is 18.1. The van der Waals surface area contributed by atoms with Crippen LogP contribution in [0.25, 0.3) is 11.1 Å². The van der Waals surface area contributed by atoms with Crippen molar-refractivity contribution in [1.29, 1.82) is 0 Å². The first-order chi connectivity index (χ1) is 15.0. The number of esters is 1. The lowest BCUT2D eigenvalue weighted by atomic mass is 9.98. The van der Waals surface area contributed by atoms with Crippen LogP contribution < -0.4 is 10.2 Å². The van der Waals surface area contributed by atoms with Gasteiger partial charge in [-0.15, -0.1) is 0 Å². The molecule has 8 nitrogen and oxygen atoms in total. The van der Waals surface area contributed by atoms with Crippen molar-refractivity contribution in [3.8, 4) is 11.1 Å². The molecule has 2 heterocycles. The third-order valence-corrected chi connectivity index (χ3v) is 5.36. The summed E-state index contributed by atoms with van der Waals surface area (Å²) in [4.78, 5) is 42.5. The smallest absolute Gasteiger partial charge is 0.340 e. The fraction of sp³-hybridized carbons (Fsp3) is 0.435. The van der Waals surface area contributed by atoms with Crippen molar-refractivity contribution in [3.05, 3.63) is 47.3 Å². The molecule has 0 atom stereocenters. The molecular weight excluding hydrogens is 398 g/mol. The number of H-pyrrole nitrogens is 1. The number of quaternary nitrogens is 1. The number of morpholine rings is 1. The van der Waals surface area contributed by atoms with Crippen molar-refractivity contribution in [1.82, 2.24) is 10.3 Å².